The van der Waals surface area contributed by atoms with Gasteiger partial charge in [0.1, 0.15) is 0 Å². The first kappa shape index (κ1) is 9.49. The molecule has 0 saturated heterocycles. The van der Waals surface area contributed by atoms with Gasteiger partial charge < -0.3 is 0 Å². The first-order valence-corrected chi connectivity index (χ1v) is 4.14. The van der Waals surface area contributed by atoms with Crippen molar-refractivity contribution >= 4 is 0 Å². The molecule has 10 heavy (non-hydrogen) atoms. The second-order valence-corrected chi connectivity index (χ2v) is 2.98. The molecule has 0 spiro atoms. The number of hydrogen-bond donors (Lipinski definition) is 0. The minimum Gasteiger partial charge on any atom is -0.198 e. The summed E-state index contributed by atoms with van der Waals surface area (Å²) >= 11 is 0. The van der Waals surface area contributed by atoms with Gasteiger partial charge in [0, 0.05) is 5.92 Å². The largest absolute Gasteiger partial charge is 0.198 e. The van der Waals surface area contributed by atoms with Crippen LogP contribution in [-0.2, 0) is 0 Å². The second-order valence-electron chi connectivity index (χ2n) is 2.98. The normalized spacial score (nSPS) is 15.8. The molecule has 0 aromatic rings. The molecule has 0 aliphatic carbocycles. The summed E-state index contributed by atoms with van der Waals surface area (Å²) in [7, 11) is 0. The van der Waals surface area contributed by atoms with E-state index < -0.39 is 0 Å². The van der Waals surface area contributed by atoms with Gasteiger partial charge in [0.15, 0.2) is 0 Å². The molecule has 0 amide bonds. The molecule has 0 saturated carbocycles. The molecule has 2 atom stereocenters. The van der Waals surface area contributed by atoms with Gasteiger partial charge in [0.05, 0.1) is 6.07 Å². The quantitative estimate of drug-likeness (QED) is 0.587. The van der Waals surface area contributed by atoms with E-state index >= 15 is 0 Å². The highest BCUT2D eigenvalue weighted by atomic mass is 14.3. The molecule has 0 rings (SSSR count). The molecule has 1 nitrogen and oxygen atoms in total. The second kappa shape index (κ2) is 5.29. The molecule has 0 aromatic carbocycles. The van der Waals surface area contributed by atoms with Crippen molar-refractivity contribution in [3.8, 4) is 6.07 Å². The highest BCUT2D eigenvalue weighted by Crippen LogP contribution is 2.16. The van der Waals surface area contributed by atoms with E-state index in [2.05, 4.69) is 26.8 Å². The highest BCUT2D eigenvalue weighted by molar-refractivity contribution is 4.82. The molecule has 0 N–H and O–H groups in total. The van der Waals surface area contributed by atoms with Crippen LogP contribution >= 0.6 is 0 Å². The van der Waals surface area contributed by atoms with Crippen LogP contribution < -0.4 is 0 Å². The van der Waals surface area contributed by atoms with Crippen LogP contribution in [0.1, 0.15) is 40.0 Å². The Morgan fingerprint density at radius 1 is 1.30 bits per heavy atom. The average molecular weight is 139 g/mol. The molecule has 58 valence electrons. The van der Waals surface area contributed by atoms with E-state index in [1.54, 1.807) is 0 Å². The Kier molecular flexibility index (Phi) is 5.02. The predicted octanol–water partition coefficient (Wildman–Crippen LogP) is 2.97. The first-order chi connectivity index (χ1) is 4.74. The molecule has 1 heteroatoms. The van der Waals surface area contributed by atoms with Gasteiger partial charge in [-0.05, 0) is 18.8 Å². The van der Waals surface area contributed by atoms with Crippen molar-refractivity contribution in [2.45, 2.75) is 40.0 Å². The summed E-state index contributed by atoms with van der Waals surface area (Å²) in [6, 6.07) is 2.32. The minimum atomic E-state index is 0.287. The van der Waals surface area contributed by atoms with Crippen molar-refractivity contribution in [2.75, 3.05) is 0 Å². The van der Waals surface area contributed by atoms with E-state index in [4.69, 9.17) is 5.26 Å². The van der Waals surface area contributed by atoms with Crippen molar-refractivity contribution < 1.29 is 0 Å². The molecular weight excluding hydrogens is 122 g/mol. The summed E-state index contributed by atoms with van der Waals surface area (Å²) in [5, 5.41) is 8.62. The van der Waals surface area contributed by atoms with Crippen molar-refractivity contribution in [3.05, 3.63) is 0 Å². The third-order valence-electron chi connectivity index (χ3n) is 2.06. The van der Waals surface area contributed by atoms with Crippen LogP contribution in [0.15, 0.2) is 0 Å². The molecular formula is C9H17N. The van der Waals surface area contributed by atoms with Crippen LogP contribution in [0.5, 0.6) is 0 Å². The molecule has 0 aliphatic rings. The number of hydrogen-bond acceptors (Lipinski definition) is 1. The van der Waals surface area contributed by atoms with Crippen LogP contribution in [0.3, 0.4) is 0 Å². The fourth-order valence-corrected chi connectivity index (χ4v) is 0.963. The summed E-state index contributed by atoms with van der Waals surface area (Å²) in [4.78, 5) is 0. The maximum absolute atomic E-state index is 8.62. The number of rotatable bonds is 4. The molecule has 0 radical (unpaired) electrons. The molecule has 0 fully saturated rings. The SMILES string of the molecule is CCC(C)CC(C#N)CC. The molecule has 0 aromatic heterocycles. The Bertz CT molecular complexity index is 112. The summed E-state index contributed by atoms with van der Waals surface area (Å²) < 4.78 is 0. The summed E-state index contributed by atoms with van der Waals surface area (Å²) in [5.41, 5.74) is 0. The summed E-state index contributed by atoms with van der Waals surface area (Å²) in [6.07, 6.45) is 3.27. The lowest BCUT2D eigenvalue weighted by Crippen LogP contribution is -2.02. The number of nitrogens with zero attached hydrogens (tertiary/aromatic N) is 1. The fourth-order valence-electron chi connectivity index (χ4n) is 0.963. The van der Waals surface area contributed by atoms with Gasteiger partial charge in [0.25, 0.3) is 0 Å². The van der Waals surface area contributed by atoms with Crippen LogP contribution in [-0.4, -0.2) is 0 Å². The van der Waals surface area contributed by atoms with E-state index in [0.29, 0.717) is 5.92 Å². The van der Waals surface area contributed by atoms with Crippen LogP contribution in [0.4, 0.5) is 0 Å². The van der Waals surface area contributed by atoms with Crippen molar-refractivity contribution in [1.82, 2.24) is 0 Å². The van der Waals surface area contributed by atoms with E-state index in [1.807, 2.05) is 0 Å². The topological polar surface area (TPSA) is 23.8 Å². The predicted molar refractivity (Wildman–Crippen MR) is 43.5 cm³/mol. The third-order valence-corrected chi connectivity index (χ3v) is 2.06. The van der Waals surface area contributed by atoms with Crippen LogP contribution in [0.25, 0.3) is 0 Å². The van der Waals surface area contributed by atoms with E-state index in [0.717, 1.165) is 12.8 Å². The van der Waals surface area contributed by atoms with Gasteiger partial charge in [0.2, 0.25) is 0 Å². The fraction of sp³-hybridized carbons (Fsp3) is 0.889. The highest BCUT2D eigenvalue weighted by Gasteiger charge is 2.07. The maximum atomic E-state index is 8.62. The Morgan fingerprint density at radius 3 is 2.20 bits per heavy atom. The minimum absolute atomic E-state index is 0.287. The third kappa shape index (κ3) is 3.50. The van der Waals surface area contributed by atoms with E-state index in [1.165, 1.54) is 6.42 Å². The monoisotopic (exact) mass is 139 g/mol. The first-order valence-electron chi connectivity index (χ1n) is 4.14. The lowest BCUT2D eigenvalue weighted by Gasteiger charge is -2.10. The van der Waals surface area contributed by atoms with Gasteiger partial charge in [-0.2, -0.15) is 5.26 Å². The van der Waals surface area contributed by atoms with Gasteiger partial charge in [-0.1, -0.05) is 27.2 Å². The van der Waals surface area contributed by atoms with Gasteiger partial charge in [-0.3, -0.25) is 0 Å². The lowest BCUT2D eigenvalue weighted by atomic mass is 9.93. The lowest BCUT2D eigenvalue weighted by molar-refractivity contribution is 0.433. The van der Waals surface area contributed by atoms with Crippen LogP contribution in [0.2, 0.25) is 0 Å². The van der Waals surface area contributed by atoms with Gasteiger partial charge in [-0.25, -0.2) is 0 Å². The molecule has 0 aliphatic heterocycles. The van der Waals surface area contributed by atoms with Gasteiger partial charge >= 0.3 is 0 Å². The Balaban J connectivity index is 3.54. The molecule has 2 unspecified atom stereocenters. The number of nitriles is 1. The van der Waals surface area contributed by atoms with E-state index in [-0.39, 0.29) is 5.92 Å². The standard InChI is InChI=1S/C9H17N/c1-4-8(3)6-9(5-2)7-10/h8-9H,4-6H2,1-3H3. The average Bonchev–Trinajstić information content (AvgIpc) is 1.99. The van der Waals surface area contributed by atoms with Crippen LogP contribution in [0, 0.1) is 23.2 Å². The Hall–Kier alpha value is -0.510. The summed E-state index contributed by atoms with van der Waals surface area (Å²) in [5.74, 6) is 1.000. The zero-order valence-corrected chi connectivity index (χ0v) is 7.22. The zero-order chi connectivity index (χ0) is 7.98. The smallest absolute Gasteiger partial charge is 0.0655 e. The summed E-state index contributed by atoms with van der Waals surface area (Å²) in [6.45, 7) is 6.46. The Morgan fingerprint density at radius 2 is 1.90 bits per heavy atom. The molecule has 0 bridgehead atoms. The van der Waals surface area contributed by atoms with Crippen molar-refractivity contribution in [2.24, 2.45) is 11.8 Å². The van der Waals surface area contributed by atoms with E-state index in [9.17, 15) is 0 Å². The molecule has 0 heterocycles. The van der Waals surface area contributed by atoms with Crippen molar-refractivity contribution in [1.29, 1.82) is 5.26 Å². The van der Waals surface area contributed by atoms with Gasteiger partial charge in [-0.15, -0.1) is 0 Å². The zero-order valence-electron chi connectivity index (χ0n) is 7.22. The Labute approximate surface area is 64.1 Å². The maximum Gasteiger partial charge on any atom is 0.0655 e. The van der Waals surface area contributed by atoms with Crippen molar-refractivity contribution in [3.63, 3.8) is 0 Å².